The van der Waals surface area contributed by atoms with Crippen LogP contribution >= 0.6 is 0 Å². The fraction of sp³-hybridized carbons (Fsp3) is 0.500. The van der Waals surface area contributed by atoms with Crippen LogP contribution in [0.5, 0.6) is 5.75 Å². The highest BCUT2D eigenvalue weighted by Gasteiger charge is 2.23. The standard InChI is InChI=1S/C14H20N2O2/c1-9-7-12(13(17)8-10(9)2)14(18)16-5-3-11(15)4-6-16/h7-8,11,17H,3-6,15H2,1-2H3. The van der Waals surface area contributed by atoms with Crippen LogP contribution in [0.15, 0.2) is 12.1 Å². The van der Waals surface area contributed by atoms with Crippen molar-refractivity contribution >= 4 is 5.91 Å². The molecule has 1 saturated heterocycles. The van der Waals surface area contributed by atoms with Crippen LogP contribution in [0.3, 0.4) is 0 Å². The highest BCUT2D eigenvalue weighted by Crippen LogP contribution is 2.24. The Balaban J connectivity index is 2.21. The van der Waals surface area contributed by atoms with Crippen LogP contribution in [0.25, 0.3) is 0 Å². The van der Waals surface area contributed by atoms with Gasteiger partial charge in [0.25, 0.3) is 5.91 Å². The zero-order valence-electron chi connectivity index (χ0n) is 10.9. The Labute approximate surface area is 107 Å². The molecule has 0 bridgehead atoms. The monoisotopic (exact) mass is 248 g/mol. The minimum absolute atomic E-state index is 0.0676. The van der Waals surface area contributed by atoms with E-state index in [-0.39, 0.29) is 17.7 Å². The molecule has 1 fully saturated rings. The van der Waals surface area contributed by atoms with E-state index in [0.29, 0.717) is 18.7 Å². The highest BCUT2D eigenvalue weighted by atomic mass is 16.3. The van der Waals surface area contributed by atoms with E-state index in [0.717, 1.165) is 24.0 Å². The third-order valence-electron chi connectivity index (χ3n) is 3.67. The third-order valence-corrected chi connectivity index (χ3v) is 3.67. The predicted octanol–water partition coefficient (Wildman–Crippen LogP) is 1.57. The van der Waals surface area contributed by atoms with Crippen molar-refractivity contribution in [2.45, 2.75) is 32.7 Å². The zero-order valence-corrected chi connectivity index (χ0v) is 10.9. The van der Waals surface area contributed by atoms with Gasteiger partial charge in [0.05, 0.1) is 5.56 Å². The highest BCUT2D eigenvalue weighted by molar-refractivity contribution is 5.97. The lowest BCUT2D eigenvalue weighted by atomic mass is 10.0. The van der Waals surface area contributed by atoms with Crippen molar-refractivity contribution in [2.24, 2.45) is 5.73 Å². The first-order valence-corrected chi connectivity index (χ1v) is 6.34. The molecule has 0 spiro atoms. The minimum Gasteiger partial charge on any atom is -0.507 e. The molecule has 1 aliphatic heterocycles. The van der Waals surface area contributed by atoms with Gasteiger partial charge < -0.3 is 15.7 Å². The largest absolute Gasteiger partial charge is 0.507 e. The van der Waals surface area contributed by atoms with Gasteiger partial charge in [-0.2, -0.15) is 0 Å². The van der Waals surface area contributed by atoms with Gasteiger partial charge in [0.15, 0.2) is 0 Å². The summed E-state index contributed by atoms with van der Waals surface area (Å²) >= 11 is 0. The molecule has 18 heavy (non-hydrogen) atoms. The lowest BCUT2D eigenvalue weighted by Gasteiger charge is -2.30. The second kappa shape index (κ2) is 4.98. The second-order valence-electron chi connectivity index (χ2n) is 5.08. The lowest BCUT2D eigenvalue weighted by Crippen LogP contribution is -2.42. The van der Waals surface area contributed by atoms with Gasteiger partial charge in [-0.1, -0.05) is 0 Å². The number of amides is 1. The van der Waals surface area contributed by atoms with Crippen LogP contribution < -0.4 is 5.73 Å². The molecular weight excluding hydrogens is 228 g/mol. The number of benzene rings is 1. The van der Waals surface area contributed by atoms with Crippen LogP contribution in [-0.4, -0.2) is 35.0 Å². The number of aryl methyl sites for hydroxylation is 2. The van der Waals surface area contributed by atoms with Crippen molar-refractivity contribution in [1.82, 2.24) is 4.90 Å². The van der Waals surface area contributed by atoms with Gasteiger partial charge in [-0.05, 0) is 49.9 Å². The molecule has 1 heterocycles. The number of likely N-dealkylation sites (tertiary alicyclic amines) is 1. The minimum atomic E-state index is -0.0949. The van der Waals surface area contributed by atoms with E-state index < -0.39 is 0 Å². The van der Waals surface area contributed by atoms with Gasteiger partial charge in [-0.15, -0.1) is 0 Å². The number of nitrogens with two attached hydrogens (primary N) is 1. The van der Waals surface area contributed by atoms with Crippen molar-refractivity contribution < 1.29 is 9.90 Å². The summed E-state index contributed by atoms with van der Waals surface area (Å²) < 4.78 is 0. The van der Waals surface area contributed by atoms with Crippen molar-refractivity contribution in [3.8, 4) is 5.75 Å². The zero-order chi connectivity index (χ0) is 13.3. The average molecular weight is 248 g/mol. The van der Waals surface area contributed by atoms with E-state index in [1.165, 1.54) is 0 Å². The van der Waals surface area contributed by atoms with E-state index >= 15 is 0 Å². The summed E-state index contributed by atoms with van der Waals surface area (Å²) in [4.78, 5) is 14.1. The van der Waals surface area contributed by atoms with E-state index in [4.69, 9.17) is 5.73 Å². The number of rotatable bonds is 1. The summed E-state index contributed by atoms with van der Waals surface area (Å²) in [6.07, 6.45) is 1.66. The predicted molar refractivity (Wildman–Crippen MR) is 70.7 cm³/mol. The molecule has 2 rings (SSSR count). The number of carbonyl (C=O) groups is 1. The Morgan fingerprint density at radius 2 is 1.83 bits per heavy atom. The molecule has 4 heteroatoms. The summed E-state index contributed by atoms with van der Waals surface area (Å²) in [5, 5.41) is 9.90. The van der Waals surface area contributed by atoms with E-state index in [2.05, 4.69) is 0 Å². The summed E-state index contributed by atoms with van der Waals surface area (Å²) in [7, 11) is 0. The SMILES string of the molecule is Cc1cc(O)c(C(=O)N2CCC(N)CC2)cc1C. The number of hydrogen-bond donors (Lipinski definition) is 2. The Hall–Kier alpha value is -1.55. The number of aromatic hydroxyl groups is 1. The van der Waals surface area contributed by atoms with Crippen LogP contribution in [0.2, 0.25) is 0 Å². The second-order valence-corrected chi connectivity index (χ2v) is 5.08. The molecule has 0 radical (unpaired) electrons. The average Bonchev–Trinajstić information content (AvgIpc) is 2.34. The van der Waals surface area contributed by atoms with Gasteiger partial charge in [-0.25, -0.2) is 0 Å². The van der Waals surface area contributed by atoms with Crippen LogP contribution in [0, 0.1) is 13.8 Å². The number of phenols is 1. The third kappa shape index (κ3) is 2.48. The molecule has 1 amide bonds. The van der Waals surface area contributed by atoms with Gasteiger partial charge in [0.1, 0.15) is 5.75 Å². The molecule has 0 aliphatic carbocycles. The first-order chi connectivity index (χ1) is 8.49. The normalized spacial score (nSPS) is 16.9. The van der Waals surface area contributed by atoms with Crippen LogP contribution in [-0.2, 0) is 0 Å². The number of hydrogen-bond acceptors (Lipinski definition) is 3. The van der Waals surface area contributed by atoms with Gasteiger partial charge in [0.2, 0.25) is 0 Å². The number of phenolic OH excluding ortho intramolecular Hbond substituents is 1. The lowest BCUT2D eigenvalue weighted by molar-refractivity contribution is 0.0711. The number of carbonyl (C=O) groups excluding carboxylic acids is 1. The smallest absolute Gasteiger partial charge is 0.257 e. The molecule has 0 aromatic heterocycles. The van der Waals surface area contributed by atoms with Crippen molar-refractivity contribution in [1.29, 1.82) is 0 Å². The first-order valence-electron chi connectivity index (χ1n) is 6.34. The molecule has 98 valence electrons. The summed E-state index contributed by atoms with van der Waals surface area (Å²) in [6, 6.07) is 3.61. The van der Waals surface area contributed by atoms with Crippen molar-refractivity contribution in [2.75, 3.05) is 13.1 Å². The van der Waals surface area contributed by atoms with E-state index in [1.54, 1.807) is 17.0 Å². The van der Waals surface area contributed by atoms with Crippen molar-refractivity contribution in [3.05, 3.63) is 28.8 Å². The Kier molecular flexibility index (Phi) is 3.57. The maximum Gasteiger partial charge on any atom is 0.257 e. The molecular formula is C14H20N2O2. The number of piperidine rings is 1. The van der Waals surface area contributed by atoms with Crippen LogP contribution in [0.4, 0.5) is 0 Å². The molecule has 0 saturated carbocycles. The Morgan fingerprint density at radius 1 is 1.28 bits per heavy atom. The quantitative estimate of drug-likeness (QED) is 0.792. The molecule has 1 aromatic rings. The fourth-order valence-corrected chi connectivity index (χ4v) is 2.25. The first kappa shape index (κ1) is 12.9. The van der Waals surface area contributed by atoms with Crippen molar-refractivity contribution in [3.63, 3.8) is 0 Å². The van der Waals surface area contributed by atoms with E-state index in [9.17, 15) is 9.90 Å². The summed E-state index contributed by atoms with van der Waals surface area (Å²) in [6.45, 7) is 5.21. The molecule has 0 atom stereocenters. The maximum atomic E-state index is 12.3. The maximum absolute atomic E-state index is 12.3. The molecule has 3 N–H and O–H groups in total. The molecule has 1 aromatic carbocycles. The molecule has 0 unspecified atom stereocenters. The number of nitrogens with zero attached hydrogens (tertiary/aromatic N) is 1. The summed E-state index contributed by atoms with van der Waals surface area (Å²) in [5.74, 6) is -0.0273. The van der Waals surface area contributed by atoms with E-state index in [1.807, 2.05) is 13.8 Å². The molecule has 4 nitrogen and oxygen atoms in total. The topological polar surface area (TPSA) is 66.6 Å². The van der Waals surface area contributed by atoms with Crippen LogP contribution in [0.1, 0.15) is 34.3 Å². The molecule has 1 aliphatic rings. The van der Waals surface area contributed by atoms with Gasteiger partial charge in [-0.3, -0.25) is 4.79 Å². The fourth-order valence-electron chi connectivity index (χ4n) is 2.25. The summed E-state index contributed by atoms with van der Waals surface area (Å²) in [5.41, 5.74) is 8.23. The Morgan fingerprint density at radius 3 is 2.44 bits per heavy atom. The Bertz CT molecular complexity index is 463. The van der Waals surface area contributed by atoms with Gasteiger partial charge >= 0.3 is 0 Å². The van der Waals surface area contributed by atoms with Gasteiger partial charge in [0, 0.05) is 19.1 Å².